The third kappa shape index (κ3) is 6.30. The number of nitrogens with zero attached hydrogens (tertiary/aromatic N) is 3. The largest absolute Gasteiger partial charge is 0.421 e. The van der Waals surface area contributed by atoms with Gasteiger partial charge in [-0.15, -0.1) is 21.5 Å². The van der Waals surface area contributed by atoms with Crippen molar-refractivity contribution in [1.29, 1.82) is 0 Å². The fraction of sp³-hybridized carbons (Fsp3) is 0.265. The highest BCUT2D eigenvalue weighted by atomic mass is 32.1. The van der Waals surface area contributed by atoms with Gasteiger partial charge in [0.25, 0.3) is 11.8 Å². The van der Waals surface area contributed by atoms with E-state index in [1.165, 1.54) is 18.2 Å². The van der Waals surface area contributed by atoms with Crippen LogP contribution in [0.25, 0.3) is 21.9 Å². The van der Waals surface area contributed by atoms with Gasteiger partial charge in [-0.05, 0) is 72.2 Å². The standard InChI is InChI=1S/C34H30F3N5O3S/c1-16(2)12-25-28(32(38)43)29(26-10-11-27(46-26)33(44)39-15-18-4-9-23(36)24(37)13-18)30(34-42-41-17(3)45-34)31(40-25)22-14-21(22)19-5-7-20(35)8-6-19/h4-11,13,16,21-22H,12,14-15H2,1-3H3,(H2,38,43)(H,39,44)/t21-,22+/m1/s1. The van der Waals surface area contributed by atoms with Crippen molar-refractivity contribution in [1.82, 2.24) is 20.5 Å². The zero-order chi connectivity index (χ0) is 32.7. The van der Waals surface area contributed by atoms with Crippen LogP contribution in [0.5, 0.6) is 0 Å². The minimum Gasteiger partial charge on any atom is -0.421 e. The van der Waals surface area contributed by atoms with Gasteiger partial charge in [0.15, 0.2) is 11.6 Å². The van der Waals surface area contributed by atoms with Gasteiger partial charge in [0.05, 0.1) is 27.4 Å². The zero-order valence-corrected chi connectivity index (χ0v) is 26.1. The van der Waals surface area contributed by atoms with E-state index in [4.69, 9.17) is 15.1 Å². The summed E-state index contributed by atoms with van der Waals surface area (Å²) in [6.07, 6.45) is 1.19. The van der Waals surface area contributed by atoms with Gasteiger partial charge in [0, 0.05) is 29.8 Å². The van der Waals surface area contributed by atoms with Crippen molar-refractivity contribution in [2.45, 2.75) is 52.0 Å². The molecule has 46 heavy (non-hydrogen) atoms. The first kappa shape index (κ1) is 31.2. The van der Waals surface area contributed by atoms with Gasteiger partial charge in [-0.25, -0.2) is 13.2 Å². The number of amides is 2. The molecule has 8 nitrogen and oxygen atoms in total. The molecule has 1 aliphatic rings. The number of nitrogens with one attached hydrogen (secondary N) is 1. The van der Waals surface area contributed by atoms with Crippen LogP contribution in [0.1, 0.15) is 80.5 Å². The summed E-state index contributed by atoms with van der Waals surface area (Å²) in [5, 5.41) is 11.1. The Morgan fingerprint density at radius 2 is 1.76 bits per heavy atom. The Balaban J connectivity index is 1.46. The summed E-state index contributed by atoms with van der Waals surface area (Å²) in [5.74, 6) is -2.85. The number of aromatic nitrogens is 3. The number of carbonyl (C=O) groups is 2. The number of nitrogens with two attached hydrogens (primary N) is 1. The van der Waals surface area contributed by atoms with Crippen LogP contribution >= 0.6 is 11.3 Å². The molecule has 0 aliphatic heterocycles. The predicted molar refractivity (Wildman–Crippen MR) is 167 cm³/mol. The average Bonchev–Trinajstić information content (AvgIpc) is 3.42. The molecule has 6 rings (SSSR count). The maximum atomic E-state index is 13.7. The third-order valence-electron chi connectivity index (χ3n) is 7.84. The first-order chi connectivity index (χ1) is 22.0. The number of rotatable bonds is 10. The lowest BCUT2D eigenvalue weighted by atomic mass is 9.91. The molecule has 1 aliphatic carbocycles. The Hall–Kier alpha value is -4.84. The van der Waals surface area contributed by atoms with Crippen LogP contribution in [0.3, 0.4) is 0 Å². The summed E-state index contributed by atoms with van der Waals surface area (Å²) in [5.41, 5.74) is 9.70. The number of carbonyl (C=O) groups excluding carboxylic acids is 2. The van der Waals surface area contributed by atoms with Crippen molar-refractivity contribution < 1.29 is 27.2 Å². The van der Waals surface area contributed by atoms with E-state index in [0.29, 0.717) is 50.1 Å². The van der Waals surface area contributed by atoms with Gasteiger partial charge in [0.2, 0.25) is 11.8 Å². The molecule has 0 bridgehead atoms. The smallest absolute Gasteiger partial charge is 0.261 e. The fourth-order valence-electron chi connectivity index (χ4n) is 5.67. The summed E-state index contributed by atoms with van der Waals surface area (Å²) in [7, 11) is 0. The minimum absolute atomic E-state index is 0.0211. The van der Waals surface area contributed by atoms with Crippen LogP contribution in [0, 0.1) is 30.3 Å². The molecule has 0 unspecified atom stereocenters. The topological polar surface area (TPSA) is 124 Å². The number of hydrogen-bond donors (Lipinski definition) is 2. The summed E-state index contributed by atoms with van der Waals surface area (Å²) in [4.78, 5) is 32.3. The molecule has 3 heterocycles. The Morgan fingerprint density at radius 1 is 1.00 bits per heavy atom. The molecule has 3 N–H and O–H groups in total. The average molecular weight is 646 g/mol. The normalized spacial score (nSPS) is 15.7. The molecule has 5 aromatic rings. The number of pyridine rings is 1. The molecule has 0 saturated heterocycles. The number of primary amides is 1. The molecule has 0 spiro atoms. The molecular formula is C34H30F3N5O3S. The molecule has 12 heteroatoms. The molecule has 2 amide bonds. The van der Waals surface area contributed by atoms with Gasteiger partial charge in [-0.3, -0.25) is 14.6 Å². The monoisotopic (exact) mass is 645 g/mol. The summed E-state index contributed by atoms with van der Waals surface area (Å²) in [6.45, 7) is 5.66. The molecule has 2 atom stereocenters. The van der Waals surface area contributed by atoms with E-state index in [9.17, 15) is 22.8 Å². The van der Waals surface area contributed by atoms with Crippen LogP contribution in [0.4, 0.5) is 13.2 Å². The number of aryl methyl sites for hydroxylation is 1. The number of hydrogen-bond acceptors (Lipinski definition) is 7. The van der Waals surface area contributed by atoms with Crippen molar-refractivity contribution in [3.63, 3.8) is 0 Å². The lowest BCUT2D eigenvalue weighted by Crippen LogP contribution is -2.21. The molecule has 2 aromatic carbocycles. The van der Waals surface area contributed by atoms with E-state index in [2.05, 4.69) is 15.5 Å². The molecule has 0 radical (unpaired) electrons. The fourth-order valence-corrected chi connectivity index (χ4v) is 6.65. The number of halogens is 3. The summed E-state index contributed by atoms with van der Waals surface area (Å²) in [6, 6.07) is 13.1. The van der Waals surface area contributed by atoms with Crippen molar-refractivity contribution in [3.8, 4) is 21.9 Å². The quantitative estimate of drug-likeness (QED) is 0.167. The van der Waals surface area contributed by atoms with E-state index in [1.54, 1.807) is 31.2 Å². The second-order valence-electron chi connectivity index (χ2n) is 11.8. The molecule has 1 fully saturated rings. The molecule has 1 saturated carbocycles. The molecule has 3 aromatic heterocycles. The van der Waals surface area contributed by atoms with Crippen molar-refractivity contribution in [3.05, 3.63) is 111 Å². The first-order valence-electron chi connectivity index (χ1n) is 14.7. The summed E-state index contributed by atoms with van der Waals surface area (Å²) < 4.78 is 46.7. The van der Waals surface area contributed by atoms with E-state index in [-0.39, 0.29) is 41.6 Å². The van der Waals surface area contributed by atoms with Gasteiger partial charge in [0.1, 0.15) is 5.82 Å². The Morgan fingerprint density at radius 3 is 2.41 bits per heavy atom. The third-order valence-corrected chi connectivity index (χ3v) is 8.94. The van der Waals surface area contributed by atoms with Gasteiger partial charge < -0.3 is 15.5 Å². The van der Waals surface area contributed by atoms with Crippen LogP contribution in [0.2, 0.25) is 0 Å². The van der Waals surface area contributed by atoms with Crippen molar-refractivity contribution in [2.75, 3.05) is 0 Å². The van der Waals surface area contributed by atoms with Crippen LogP contribution in [-0.2, 0) is 13.0 Å². The Kier molecular flexibility index (Phi) is 8.47. The second-order valence-corrected chi connectivity index (χ2v) is 12.8. The lowest BCUT2D eigenvalue weighted by Gasteiger charge is -2.19. The number of benzene rings is 2. The summed E-state index contributed by atoms with van der Waals surface area (Å²) >= 11 is 1.14. The Labute approximate surface area is 266 Å². The van der Waals surface area contributed by atoms with E-state index >= 15 is 0 Å². The van der Waals surface area contributed by atoms with Crippen molar-refractivity contribution >= 4 is 23.2 Å². The second kappa shape index (κ2) is 12.5. The highest BCUT2D eigenvalue weighted by Crippen LogP contribution is 2.57. The first-order valence-corrected chi connectivity index (χ1v) is 15.6. The highest BCUT2D eigenvalue weighted by Gasteiger charge is 2.44. The van der Waals surface area contributed by atoms with E-state index < -0.39 is 23.4 Å². The lowest BCUT2D eigenvalue weighted by molar-refractivity contribution is 0.0953. The van der Waals surface area contributed by atoms with Crippen LogP contribution < -0.4 is 11.1 Å². The number of thiophene rings is 1. The minimum atomic E-state index is -1.00. The van der Waals surface area contributed by atoms with Gasteiger partial charge in [-0.2, -0.15) is 0 Å². The maximum absolute atomic E-state index is 13.7. The van der Waals surface area contributed by atoms with Gasteiger partial charge >= 0.3 is 0 Å². The maximum Gasteiger partial charge on any atom is 0.261 e. The van der Waals surface area contributed by atoms with Gasteiger partial charge in [-0.1, -0.05) is 32.0 Å². The molecular weight excluding hydrogens is 615 g/mol. The zero-order valence-electron chi connectivity index (χ0n) is 25.2. The van der Waals surface area contributed by atoms with E-state index in [0.717, 1.165) is 35.5 Å². The van der Waals surface area contributed by atoms with Crippen LogP contribution in [-0.4, -0.2) is 27.0 Å². The van der Waals surface area contributed by atoms with Crippen molar-refractivity contribution in [2.24, 2.45) is 11.7 Å². The highest BCUT2D eigenvalue weighted by molar-refractivity contribution is 7.17. The van der Waals surface area contributed by atoms with Crippen LogP contribution in [0.15, 0.2) is 59.0 Å². The SMILES string of the molecule is Cc1nnc(-c2c([C@H]3C[C@@H]3c3ccc(F)cc3)nc(CC(C)C)c(C(N)=O)c2-c2ccc(C(=O)NCc3ccc(F)c(F)c3)s2)o1. The van der Waals surface area contributed by atoms with E-state index in [1.807, 2.05) is 13.8 Å². The predicted octanol–water partition coefficient (Wildman–Crippen LogP) is 7.08. The molecule has 236 valence electrons. The Bertz CT molecular complexity index is 1950.